The van der Waals surface area contributed by atoms with Crippen LogP contribution >= 0.6 is 0 Å². The molecule has 0 aliphatic heterocycles. The normalized spacial score (nSPS) is 46.0. The van der Waals surface area contributed by atoms with Crippen LogP contribution in [0.1, 0.15) is 99.3 Å². The fraction of sp³-hybridized carbons (Fsp3) is 0.857. The average Bonchev–Trinajstić information content (AvgIpc) is 2.99. The van der Waals surface area contributed by atoms with Crippen LogP contribution in [0.2, 0.25) is 0 Å². The van der Waals surface area contributed by atoms with Crippen molar-refractivity contribution in [1.82, 2.24) is 0 Å². The van der Waals surface area contributed by atoms with Crippen LogP contribution in [-0.2, 0) is 0 Å². The van der Waals surface area contributed by atoms with Crippen molar-refractivity contribution in [2.45, 2.75) is 105 Å². The molecule has 0 bridgehead atoms. The molecule has 0 saturated heterocycles. The number of aliphatic hydroxyl groups is 1. The monoisotopic (exact) mass is 398 g/mol. The van der Waals surface area contributed by atoms with Gasteiger partial charge >= 0.3 is 0 Å². The van der Waals surface area contributed by atoms with Crippen molar-refractivity contribution < 1.29 is 5.11 Å². The molecular weight excluding hydrogens is 352 g/mol. The minimum atomic E-state index is -0.0468. The minimum absolute atomic E-state index is 0.0468. The van der Waals surface area contributed by atoms with Crippen molar-refractivity contribution in [1.29, 1.82) is 0 Å². The largest absolute Gasteiger partial charge is 0.393 e. The van der Waals surface area contributed by atoms with Gasteiger partial charge in [0.25, 0.3) is 0 Å². The van der Waals surface area contributed by atoms with Crippen LogP contribution in [0.15, 0.2) is 23.3 Å². The lowest BCUT2D eigenvalue weighted by atomic mass is 9.47. The Kier molecular flexibility index (Phi) is 5.86. The summed E-state index contributed by atoms with van der Waals surface area (Å²) in [6, 6.07) is 0. The topological polar surface area (TPSA) is 20.2 Å². The molecule has 0 aromatic rings. The lowest BCUT2D eigenvalue weighted by Gasteiger charge is -2.57. The van der Waals surface area contributed by atoms with E-state index in [1.807, 2.05) is 5.57 Å². The second kappa shape index (κ2) is 7.85. The second-order valence-corrected chi connectivity index (χ2v) is 12.4. The van der Waals surface area contributed by atoms with Crippen LogP contribution in [0.5, 0.6) is 0 Å². The Bertz CT molecular complexity index is 672. The number of aliphatic hydroxyl groups excluding tert-OH is 1. The van der Waals surface area contributed by atoms with E-state index in [2.05, 4.69) is 53.7 Å². The quantitative estimate of drug-likeness (QED) is 0.484. The molecule has 0 spiro atoms. The van der Waals surface area contributed by atoms with Crippen LogP contribution in [0.3, 0.4) is 0 Å². The van der Waals surface area contributed by atoms with Crippen molar-refractivity contribution in [3.05, 3.63) is 23.3 Å². The van der Waals surface area contributed by atoms with Gasteiger partial charge in [-0.3, -0.25) is 0 Å². The van der Waals surface area contributed by atoms with Crippen LogP contribution in [0.4, 0.5) is 0 Å². The third-order valence-corrected chi connectivity index (χ3v) is 10.0. The van der Waals surface area contributed by atoms with Crippen molar-refractivity contribution in [2.75, 3.05) is 0 Å². The van der Waals surface area contributed by atoms with E-state index in [1.54, 1.807) is 5.57 Å². The molecule has 1 N–H and O–H groups in total. The van der Waals surface area contributed by atoms with Gasteiger partial charge in [0.05, 0.1) is 6.10 Å². The number of rotatable bonds is 4. The van der Waals surface area contributed by atoms with Crippen LogP contribution in [0, 0.1) is 46.3 Å². The summed E-state index contributed by atoms with van der Waals surface area (Å²) in [7, 11) is 0. The molecule has 0 unspecified atom stereocenters. The van der Waals surface area contributed by atoms with Crippen LogP contribution in [0.25, 0.3) is 0 Å². The molecule has 0 aromatic heterocycles. The summed E-state index contributed by atoms with van der Waals surface area (Å²) < 4.78 is 0. The zero-order valence-electron chi connectivity index (χ0n) is 20.0. The zero-order valence-corrected chi connectivity index (χ0v) is 20.0. The van der Waals surface area contributed by atoms with Gasteiger partial charge < -0.3 is 5.11 Å². The predicted octanol–water partition coefficient (Wildman–Crippen LogP) is 7.55. The molecule has 0 aromatic carbocycles. The van der Waals surface area contributed by atoms with E-state index in [9.17, 15) is 5.11 Å². The SMILES string of the molecule is C/C(=C\[C@@H](C)[C@H]1CC[C@H]2C3=CC[C@H]4C[C@@H](O)CC[C@]4(C)[C@H]3CC[C@]12C)CC(C)C. The second-order valence-electron chi connectivity index (χ2n) is 12.4. The van der Waals surface area contributed by atoms with Gasteiger partial charge in [0, 0.05) is 0 Å². The van der Waals surface area contributed by atoms with Crippen molar-refractivity contribution in [3.8, 4) is 0 Å². The Morgan fingerprint density at radius 3 is 2.48 bits per heavy atom. The van der Waals surface area contributed by atoms with Gasteiger partial charge in [-0.1, -0.05) is 57.9 Å². The molecule has 1 nitrogen and oxygen atoms in total. The van der Waals surface area contributed by atoms with E-state index >= 15 is 0 Å². The summed E-state index contributed by atoms with van der Waals surface area (Å²) in [4.78, 5) is 0. The van der Waals surface area contributed by atoms with E-state index in [0.717, 1.165) is 36.5 Å². The highest BCUT2D eigenvalue weighted by Crippen LogP contribution is 2.66. The van der Waals surface area contributed by atoms with Gasteiger partial charge in [-0.25, -0.2) is 0 Å². The average molecular weight is 399 g/mol. The van der Waals surface area contributed by atoms with Crippen LogP contribution < -0.4 is 0 Å². The summed E-state index contributed by atoms with van der Waals surface area (Å²) >= 11 is 0. The highest BCUT2D eigenvalue weighted by Gasteiger charge is 2.57. The molecule has 3 saturated carbocycles. The summed E-state index contributed by atoms with van der Waals surface area (Å²) in [5, 5.41) is 10.2. The third kappa shape index (κ3) is 3.68. The molecule has 0 amide bonds. The molecule has 8 atom stereocenters. The first-order chi connectivity index (χ1) is 13.6. The van der Waals surface area contributed by atoms with E-state index in [-0.39, 0.29) is 6.10 Å². The first-order valence-corrected chi connectivity index (χ1v) is 12.7. The first-order valence-electron chi connectivity index (χ1n) is 12.7. The molecule has 4 rings (SSSR count). The van der Waals surface area contributed by atoms with Crippen molar-refractivity contribution in [3.63, 3.8) is 0 Å². The van der Waals surface area contributed by atoms with E-state index in [1.165, 1.54) is 44.9 Å². The number of fused-ring (bicyclic) bond motifs is 5. The predicted molar refractivity (Wildman–Crippen MR) is 124 cm³/mol. The first kappa shape index (κ1) is 21.7. The molecule has 29 heavy (non-hydrogen) atoms. The fourth-order valence-electron chi connectivity index (χ4n) is 8.67. The minimum Gasteiger partial charge on any atom is -0.393 e. The molecule has 0 radical (unpaired) electrons. The van der Waals surface area contributed by atoms with Gasteiger partial charge in [-0.05, 0) is 111 Å². The van der Waals surface area contributed by atoms with Gasteiger partial charge in [0.1, 0.15) is 0 Å². The maximum Gasteiger partial charge on any atom is 0.0543 e. The number of hydrogen-bond acceptors (Lipinski definition) is 1. The van der Waals surface area contributed by atoms with Gasteiger partial charge in [-0.15, -0.1) is 0 Å². The summed E-state index contributed by atoms with van der Waals surface area (Å²) in [6.45, 7) is 14.8. The van der Waals surface area contributed by atoms with Crippen molar-refractivity contribution in [2.24, 2.45) is 46.3 Å². The Hall–Kier alpha value is -0.560. The lowest BCUT2D eigenvalue weighted by molar-refractivity contribution is -0.0414. The van der Waals surface area contributed by atoms with Gasteiger partial charge in [0.2, 0.25) is 0 Å². The molecule has 1 heteroatoms. The molecule has 164 valence electrons. The Balaban J connectivity index is 1.55. The smallest absolute Gasteiger partial charge is 0.0543 e. The standard InChI is InChI=1S/C28H46O/c1-18(2)15-19(3)16-20(4)24-9-10-25-23-8-7-21-17-22(29)11-13-27(21,5)26(23)12-14-28(24,25)6/h8,16,18,20-22,24-26,29H,7,9-15,17H2,1-6H3/b19-16+/t20-,21+,22+,24-,25+,26+,27+,28-/m1/s1. The van der Waals surface area contributed by atoms with E-state index in [4.69, 9.17) is 0 Å². The molecule has 4 aliphatic rings. The highest BCUT2D eigenvalue weighted by molar-refractivity contribution is 5.28. The molecule has 4 aliphatic carbocycles. The Morgan fingerprint density at radius 1 is 1.07 bits per heavy atom. The third-order valence-electron chi connectivity index (χ3n) is 10.0. The molecule has 0 heterocycles. The molecular formula is C28H46O. The Labute approximate surface area is 180 Å². The lowest BCUT2D eigenvalue weighted by Crippen LogP contribution is -2.49. The van der Waals surface area contributed by atoms with Crippen molar-refractivity contribution >= 4 is 0 Å². The van der Waals surface area contributed by atoms with Gasteiger partial charge in [-0.2, -0.15) is 0 Å². The summed E-state index contributed by atoms with van der Waals surface area (Å²) in [5.74, 6) is 4.63. The maximum absolute atomic E-state index is 10.2. The number of hydrogen-bond donors (Lipinski definition) is 1. The van der Waals surface area contributed by atoms with Gasteiger partial charge in [0.15, 0.2) is 0 Å². The van der Waals surface area contributed by atoms with E-state index in [0.29, 0.717) is 22.7 Å². The maximum atomic E-state index is 10.2. The zero-order chi connectivity index (χ0) is 21.0. The summed E-state index contributed by atoms with van der Waals surface area (Å²) in [6.07, 6.45) is 16.6. The van der Waals surface area contributed by atoms with Crippen LogP contribution in [-0.4, -0.2) is 11.2 Å². The Morgan fingerprint density at radius 2 is 1.76 bits per heavy atom. The fourth-order valence-corrected chi connectivity index (χ4v) is 8.67. The van der Waals surface area contributed by atoms with E-state index < -0.39 is 0 Å². The highest BCUT2D eigenvalue weighted by atomic mass is 16.3. The number of allylic oxidation sites excluding steroid dienone is 4. The summed E-state index contributed by atoms with van der Waals surface area (Å²) in [5.41, 5.74) is 4.39. The molecule has 3 fully saturated rings.